The van der Waals surface area contributed by atoms with Crippen LogP contribution in [0.1, 0.15) is 46.0 Å². The van der Waals surface area contributed by atoms with Gasteiger partial charge in [0.25, 0.3) is 5.91 Å². The lowest BCUT2D eigenvalue weighted by atomic mass is 9.86. The number of carbonyl (C=O) groups is 1. The molecule has 1 aromatic carbocycles. The molecule has 0 heterocycles. The van der Waals surface area contributed by atoms with Gasteiger partial charge in [-0.15, -0.1) is 0 Å². The Morgan fingerprint density at radius 3 is 2.55 bits per heavy atom. The molecule has 4 heteroatoms. The van der Waals surface area contributed by atoms with E-state index >= 15 is 0 Å². The fourth-order valence-corrected chi connectivity index (χ4v) is 2.82. The van der Waals surface area contributed by atoms with Gasteiger partial charge in [0.05, 0.1) is 6.61 Å². The quantitative estimate of drug-likeness (QED) is 0.838. The van der Waals surface area contributed by atoms with Crippen molar-refractivity contribution in [3.8, 4) is 11.5 Å². The maximum absolute atomic E-state index is 12.1. The van der Waals surface area contributed by atoms with Gasteiger partial charge in [-0.05, 0) is 37.3 Å². The number of benzene rings is 1. The largest absolute Gasteiger partial charge is 0.490 e. The van der Waals surface area contributed by atoms with E-state index in [-0.39, 0.29) is 18.6 Å². The Bertz CT molecular complexity index is 475. The van der Waals surface area contributed by atoms with Crippen LogP contribution in [0.5, 0.6) is 11.5 Å². The Morgan fingerprint density at radius 1 is 1.18 bits per heavy atom. The minimum atomic E-state index is -0.0518. The van der Waals surface area contributed by atoms with Crippen LogP contribution in [0.25, 0.3) is 0 Å². The van der Waals surface area contributed by atoms with Gasteiger partial charge < -0.3 is 14.8 Å². The lowest BCUT2D eigenvalue weighted by Crippen LogP contribution is -2.43. The van der Waals surface area contributed by atoms with Crippen LogP contribution in [-0.2, 0) is 4.79 Å². The molecule has 2 unspecified atom stereocenters. The second-order valence-corrected chi connectivity index (χ2v) is 6.02. The molecule has 2 rings (SSSR count). The third-order valence-corrected chi connectivity index (χ3v) is 4.13. The number of para-hydroxylation sites is 2. The number of rotatable bonds is 7. The number of nitrogens with one attached hydrogen (secondary N) is 1. The molecule has 1 amide bonds. The topological polar surface area (TPSA) is 47.6 Å². The first-order valence-electron chi connectivity index (χ1n) is 8.34. The molecule has 4 nitrogen and oxygen atoms in total. The second kappa shape index (κ2) is 8.66. The van der Waals surface area contributed by atoms with Crippen LogP contribution in [0.3, 0.4) is 0 Å². The fourth-order valence-electron chi connectivity index (χ4n) is 2.82. The Labute approximate surface area is 133 Å². The van der Waals surface area contributed by atoms with Gasteiger partial charge in [-0.2, -0.15) is 0 Å². The molecule has 0 bridgehead atoms. The molecule has 0 spiro atoms. The average Bonchev–Trinajstić information content (AvgIpc) is 2.54. The molecule has 0 aromatic heterocycles. The predicted molar refractivity (Wildman–Crippen MR) is 87.3 cm³/mol. The predicted octanol–water partition coefficient (Wildman–Crippen LogP) is 3.55. The summed E-state index contributed by atoms with van der Waals surface area (Å²) in [7, 11) is 0. The standard InChI is InChI=1S/C18H27NO3/c1-3-12-21-16-10-6-7-11-17(16)22-13-18(20)19-15-9-5-4-8-14(15)2/h6-7,10-11,14-15H,3-5,8-9,12-13H2,1-2H3,(H,19,20). The maximum Gasteiger partial charge on any atom is 0.258 e. The van der Waals surface area contributed by atoms with Crippen LogP contribution < -0.4 is 14.8 Å². The molecule has 1 saturated carbocycles. The Balaban J connectivity index is 1.83. The lowest BCUT2D eigenvalue weighted by molar-refractivity contribution is -0.124. The SMILES string of the molecule is CCCOc1ccccc1OCC(=O)NC1CCCCC1C. The summed E-state index contributed by atoms with van der Waals surface area (Å²) in [6, 6.07) is 7.78. The molecule has 0 aliphatic heterocycles. The number of carbonyl (C=O) groups excluding carboxylic acids is 1. The van der Waals surface area contributed by atoms with Crippen molar-refractivity contribution in [2.75, 3.05) is 13.2 Å². The van der Waals surface area contributed by atoms with Crippen molar-refractivity contribution in [2.45, 2.75) is 52.0 Å². The summed E-state index contributed by atoms with van der Waals surface area (Å²) in [6.07, 6.45) is 5.67. The Kier molecular flexibility index (Phi) is 6.56. The van der Waals surface area contributed by atoms with Crippen LogP contribution in [0.15, 0.2) is 24.3 Å². The van der Waals surface area contributed by atoms with Crippen molar-refractivity contribution < 1.29 is 14.3 Å². The smallest absolute Gasteiger partial charge is 0.258 e. The van der Waals surface area contributed by atoms with E-state index < -0.39 is 0 Å². The number of amides is 1. The van der Waals surface area contributed by atoms with Crippen molar-refractivity contribution in [1.29, 1.82) is 0 Å². The minimum absolute atomic E-state index is 0.0374. The highest BCUT2D eigenvalue weighted by molar-refractivity contribution is 5.78. The molecule has 1 N–H and O–H groups in total. The number of ether oxygens (including phenoxy) is 2. The molecule has 1 aromatic rings. The monoisotopic (exact) mass is 305 g/mol. The highest BCUT2D eigenvalue weighted by Crippen LogP contribution is 2.27. The molecule has 22 heavy (non-hydrogen) atoms. The van der Waals surface area contributed by atoms with Gasteiger partial charge in [0.1, 0.15) is 0 Å². The van der Waals surface area contributed by atoms with Crippen molar-refractivity contribution in [1.82, 2.24) is 5.32 Å². The van der Waals surface area contributed by atoms with Gasteiger partial charge in [-0.3, -0.25) is 4.79 Å². The molecule has 1 aliphatic rings. The third kappa shape index (κ3) is 4.93. The van der Waals surface area contributed by atoms with E-state index in [0.29, 0.717) is 24.0 Å². The summed E-state index contributed by atoms with van der Waals surface area (Å²) in [5.41, 5.74) is 0. The van der Waals surface area contributed by atoms with E-state index in [0.717, 1.165) is 12.8 Å². The van der Waals surface area contributed by atoms with Crippen molar-refractivity contribution in [2.24, 2.45) is 5.92 Å². The summed E-state index contributed by atoms with van der Waals surface area (Å²) >= 11 is 0. The highest BCUT2D eigenvalue weighted by atomic mass is 16.5. The van der Waals surface area contributed by atoms with Gasteiger partial charge in [-0.1, -0.05) is 38.8 Å². The molecular formula is C18H27NO3. The lowest BCUT2D eigenvalue weighted by Gasteiger charge is -2.29. The maximum atomic E-state index is 12.1. The molecule has 2 atom stereocenters. The van der Waals surface area contributed by atoms with E-state index in [2.05, 4.69) is 19.2 Å². The highest BCUT2D eigenvalue weighted by Gasteiger charge is 2.22. The first-order valence-corrected chi connectivity index (χ1v) is 8.34. The minimum Gasteiger partial charge on any atom is -0.490 e. The zero-order valence-electron chi connectivity index (χ0n) is 13.6. The van der Waals surface area contributed by atoms with Crippen molar-refractivity contribution >= 4 is 5.91 Å². The molecule has 1 fully saturated rings. The van der Waals surface area contributed by atoms with E-state index in [9.17, 15) is 4.79 Å². The van der Waals surface area contributed by atoms with E-state index in [1.807, 2.05) is 24.3 Å². The van der Waals surface area contributed by atoms with Gasteiger partial charge in [0, 0.05) is 6.04 Å². The number of hydrogen-bond acceptors (Lipinski definition) is 3. The zero-order chi connectivity index (χ0) is 15.8. The zero-order valence-corrected chi connectivity index (χ0v) is 13.6. The fraction of sp³-hybridized carbons (Fsp3) is 0.611. The second-order valence-electron chi connectivity index (χ2n) is 6.02. The molecule has 0 saturated heterocycles. The van der Waals surface area contributed by atoms with Crippen LogP contribution >= 0.6 is 0 Å². The van der Waals surface area contributed by atoms with Gasteiger partial charge in [0.2, 0.25) is 0 Å². The third-order valence-electron chi connectivity index (χ3n) is 4.13. The van der Waals surface area contributed by atoms with Gasteiger partial charge >= 0.3 is 0 Å². The first-order chi connectivity index (χ1) is 10.7. The normalized spacial score (nSPS) is 21.2. The van der Waals surface area contributed by atoms with Gasteiger partial charge in [-0.25, -0.2) is 0 Å². The average molecular weight is 305 g/mol. The molecular weight excluding hydrogens is 278 g/mol. The van der Waals surface area contributed by atoms with Crippen LogP contribution in [0.4, 0.5) is 0 Å². The Morgan fingerprint density at radius 2 is 1.86 bits per heavy atom. The number of hydrogen-bond donors (Lipinski definition) is 1. The van der Waals surface area contributed by atoms with E-state index in [1.165, 1.54) is 19.3 Å². The van der Waals surface area contributed by atoms with Gasteiger partial charge in [0.15, 0.2) is 18.1 Å². The summed E-state index contributed by atoms with van der Waals surface area (Å²) in [6.45, 7) is 4.95. The van der Waals surface area contributed by atoms with Crippen LogP contribution in [-0.4, -0.2) is 25.2 Å². The van der Waals surface area contributed by atoms with Crippen LogP contribution in [0.2, 0.25) is 0 Å². The molecule has 0 radical (unpaired) electrons. The van der Waals surface area contributed by atoms with Crippen LogP contribution in [0, 0.1) is 5.92 Å². The Hall–Kier alpha value is -1.71. The molecule has 1 aliphatic carbocycles. The summed E-state index contributed by atoms with van der Waals surface area (Å²) < 4.78 is 11.3. The summed E-state index contributed by atoms with van der Waals surface area (Å²) in [5, 5.41) is 3.10. The summed E-state index contributed by atoms with van der Waals surface area (Å²) in [5.74, 6) is 1.83. The van der Waals surface area contributed by atoms with E-state index in [4.69, 9.17) is 9.47 Å². The summed E-state index contributed by atoms with van der Waals surface area (Å²) in [4.78, 5) is 12.1. The van der Waals surface area contributed by atoms with Crippen molar-refractivity contribution in [3.05, 3.63) is 24.3 Å². The van der Waals surface area contributed by atoms with Crippen molar-refractivity contribution in [3.63, 3.8) is 0 Å². The first kappa shape index (κ1) is 16.7. The van der Waals surface area contributed by atoms with E-state index in [1.54, 1.807) is 0 Å². The molecule has 122 valence electrons.